The van der Waals surface area contributed by atoms with E-state index in [1.807, 2.05) is 29.6 Å². The monoisotopic (exact) mass is 360 g/mol. The molecule has 0 fully saturated rings. The van der Waals surface area contributed by atoms with Crippen LogP contribution in [0.3, 0.4) is 0 Å². The first-order chi connectivity index (χ1) is 12.7. The van der Waals surface area contributed by atoms with Crippen LogP contribution in [0.1, 0.15) is 21.7 Å². The topological polar surface area (TPSA) is 83.2 Å². The Labute approximate surface area is 154 Å². The number of nitrogen functional groups attached to an aromatic ring is 1. The number of thiophene rings is 1. The van der Waals surface area contributed by atoms with Crippen LogP contribution in [0, 0.1) is 18.3 Å². The summed E-state index contributed by atoms with van der Waals surface area (Å²) in [6.45, 7) is 3.53. The van der Waals surface area contributed by atoms with E-state index < -0.39 is 0 Å². The van der Waals surface area contributed by atoms with Gasteiger partial charge in [0.1, 0.15) is 16.9 Å². The minimum absolute atomic E-state index is 0.624. The first-order valence-corrected chi connectivity index (χ1v) is 9.27. The molecule has 0 spiro atoms. The SMILES string of the molecule is Cc1cc2nc(N3CCc4c(sc(N)c4C#N)C3)c3ccccc3n2n1. The number of benzene rings is 1. The van der Waals surface area contributed by atoms with Crippen molar-refractivity contribution in [2.24, 2.45) is 0 Å². The van der Waals surface area contributed by atoms with Crippen LogP contribution in [0.2, 0.25) is 0 Å². The van der Waals surface area contributed by atoms with Gasteiger partial charge < -0.3 is 10.6 Å². The number of para-hydroxylation sites is 1. The van der Waals surface area contributed by atoms with Gasteiger partial charge in [-0.2, -0.15) is 10.4 Å². The van der Waals surface area contributed by atoms with Crippen LogP contribution in [0.15, 0.2) is 30.3 Å². The lowest BCUT2D eigenvalue weighted by Crippen LogP contribution is -2.30. The predicted molar refractivity (Wildman–Crippen MR) is 103 cm³/mol. The second-order valence-electron chi connectivity index (χ2n) is 6.53. The van der Waals surface area contributed by atoms with Crippen molar-refractivity contribution in [2.45, 2.75) is 19.9 Å². The number of aryl methyl sites for hydroxylation is 1. The Kier molecular flexibility index (Phi) is 3.18. The molecule has 4 aromatic rings. The number of aromatic nitrogens is 3. The lowest BCUT2D eigenvalue weighted by Gasteiger charge is -2.29. The van der Waals surface area contributed by atoms with Crippen LogP contribution in [-0.4, -0.2) is 21.1 Å². The van der Waals surface area contributed by atoms with E-state index in [2.05, 4.69) is 28.2 Å². The maximum atomic E-state index is 9.35. The van der Waals surface area contributed by atoms with Crippen LogP contribution in [0.25, 0.3) is 16.6 Å². The summed E-state index contributed by atoms with van der Waals surface area (Å²) in [5, 5.41) is 15.6. The summed E-state index contributed by atoms with van der Waals surface area (Å²) >= 11 is 1.52. The second-order valence-corrected chi connectivity index (χ2v) is 7.67. The minimum atomic E-state index is 0.624. The van der Waals surface area contributed by atoms with E-state index >= 15 is 0 Å². The average Bonchev–Trinajstić information content (AvgIpc) is 3.18. The number of rotatable bonds is 1. The Morgan fingerprint density at radius 3 is 3.00 bits per heavy atom. The van der Waals surface area contributed by atoms with E-state index in [0.717, 1.165) is 53.1 Å². The molecule has 0 aliphatic carbocycles. The molecule has 1 aromatic carbocycles. The van der Waals surface area contributed by atoms with Crippen molar-refractivity contribution in [3.63, 3.8) is 0 Å². The summed E-state index contributed by atoms with van der Waals surface area (Å²) in [4.78, 5) is 8.35. The van der Waals surface area contributed by atoms with Crippen molar-refractivity contribution in [3.05, 3.63) is 52.0 Å². The molecule has 26 heavy (non-hydrogen) atoms. The first kappa shape index (κ1) is 15.2. The molecule has 6 nitrogen and oxygen atoms in total. The molecule has 3 aromatic heterocycles. The fraction of sp³-hybridized carbons (Fsp3) is 0.211. The number of hydrogen-bond acceptors (Lipinski definition) is 6. The van der Waals surface area contributed by atoms with Gasteiger partial charge in [0, 0.05) is 22.9 Å². The third kappa shape index (κ3) is 2.09. The molecule has 0 bridgehead atoms. The van der Waals surface area contributed by atoms with E-state index in [1.165, 1.54) is 16.2 Å². The van der Waals surface area contributed by atoms with Gasteiger partial charge in [0.05, 0.1) is 23.3 Å². The highest BCUT2D eigenvalue weighted by Gasteiger charge is 2.25. The standard InChI is InChI=1S/C19H16N6S/c1-11-8-17-22-19(13-4-2-3-5-15(13)25(17)23-11)24-7-6-12-14(9-20)18(21)26-16(12)10-24/h2-5,8H,6-7,10,21H2,1H3. The van der Waals surface area contributed by atoms with Crippen molar-refractivity contribution >= 4 is 38.7 Å². The van der Waals surface area contributed by atoms with Crippen LogP contribution in [0.5, 0.6) is 0 Å². The molecule has 0 amide bonds. The number of hydrogen-bond donors (Lipinski definition) is 1. The van der Waals surface area contributed by atoms with Crippen molar-refractivity contribution in [1.82, 2.24) is 14.6 Å². The summed E-state index contributed by atoms with van der Waals surface area (Å²) in [5.41, 5.74) is 10.7. The molecule has 7 heteroatoms. The highest BCUT2D eigenvalue weighted by atomic mass is 32.1. The zero-order chi connectivity index (χ0) is 17.8. The summed E-state index contributed by atoms with van der Waals surface area (Å²) in [7, 11) is 0. The van der Waals surface area contributed by atoms with Gasteiger partial charge in [0.25, 0.3) is 0 Å². The summed E-state index contributed by atoms with van der Waals surface area (Å²) in [5.74, 6) is 0.962. The molecule has 128 valence electrons. The van der Waals surface area contributed by atoms with E-state index in [0.29, 0.717) is 10.6 Å². The van der Waals surface area contributed by atoms with Gasteiger partial charge in [-0.3, -0.25) is 0 Å². The molecule has 0 saturated carbocycles. The molecule has 0 radical (unpaired) electrons. The highest BCUT2D eigenvalue weighted by molar-refractivity contribution is 7.16. The zero-order valence-corrected chi connectivity index (χ0v) is 15.0. The number of anilines is 2. The van der Waals surface area contributed by atoms with Crippen LogP contribution < -0.4 is 10.6 Å². The van der Waals surface area contributed by atoms with Gasteiger partial charge in [-0.25, -0.2) is 9.50 Å². The summed E-state index contributed by atoms with van der Waals surface area (Å²) in [6, 6.07) is 12.5. The zero-order valence-electron chi connectivity index (χ0n) is 14.2. The van der Waals surface area contributed by atoms with Crippen LogP contribution >= 0.6 is 11.3 Å². The first-order valence-electron chi connectivity index (χ1n) is 8.46. The van der Waals surface area contributed by atoms with Gasteiger partial charge in [0.15, 0.2) is 5.65 Å². The largest absolute Gasteiger partial charge is 0.389 e. The smallest absolute Gasteiger partial charge is 0.158 e. The Morgan fingerprint density at radius 2 is 2.15 bits per heavy atom. The van der Waals surface area contributed by atoms with E-state index in [4.69, 9.17) is 10.7 Å². The molecular weight excluding hydrogens is 344 g/mol. The highest BCUT2D eigenvalue weighted by Crippen LogP contribution is 2.37. The average molecular weight is 360 g/mol. The summed E-state index contributed by atoms with van der Waals surface area (Å²) < 4.78 is 1.90. The molecular formula is C19H16N6S. The molecule has 0 saturated heterocycles. The van der Waals surface area contributed by atoms with Gasteiger partial charge in [-0.1, -0.05) is 12.1 Å². The molecule has 1 aliphatic heterocycles. The summed E-state index contributed by atoms with van der Waals surface area (Å²) in [6.07, 6.45) is 0.811. The number of fused-ring (bicyclic) bond motifs is 4. The van der Waals surface area contributed by atoms with Crippen molar-refractivity contribution < 1.29 is 0 Å². The van der Waals surface area contributed by atoms with Crippen molar-refractivity contribution in [3.8, 4) is 6.07 Å². The van der Waals surface area contributed by atoms with Crippen LogP contribution in [-0.2, 0) is 13.0 Å². The molecule has 5 rings (SSSR count). The Morgan fingerprint density at radius 1 is 1.31 bits per heavy atom. The normalized spacial score (nSPS) is 13.9. The molecule has 0 atom stereocenters. The Balaban J connectivity index is 1.68. The van der Waals surface area contributed by atoms with E-state index in [-0.39, 0.29) is 0 Å². The fourth-order valence-electron chi connectivity index (χ4n) is 3.73. The maximum Gasteiger partial charge on any atom is 0.158 e. The molecule has 2 N–H and O–H groups in total. The molecule has 0 unspecified atom stereocenters. The lowest BCUT2D eigenvalue weighted by atomic mass is 10.0. The fourth-order valence-corrected chi connectivity index (χ4v) is 4.81. The Hall–Kier alpha value is -3.11. The van der Waals surface area contributed by atoms with E-state index in [1.54, 1.807) is 0 Å². The van der Waals surface area contributed by atoms with Gasteiger partial charge in [0.2, 0.25) is 0 Å². The number of nitriles is 1. The van der Waals surface area contributed by atoms with Gasteiger partial charge >= 0.3 is 0 Å². The quantitative estimate of drug-likeness (QED) is 0.563. The number of nitrogens with two attached hydrogens (primary N) is 1. The van der Waals surface area contributed by atoms with Gasteiger partial charge in [-0.05, 0) is 31.0 Å². The van der Waals surface area contributed by atoms with Crippen molar-refractivity contribution in [1.29, 1.82) is 5.26 Å². The number of nitrogens with zero attached hydrogens (tertiary/aromatic N) is 5. The lowest BCUT2D eigenvalue weighted by molar-refractivity contribution is 0.735. The van der Waals surface area contributed by atoms with Gasteiger partial charge in [-0.15, -0.1) is 11.3 Å². The second kappa shape index (κ2) is 5.44. The van der Waals surface area contributed by atoms with Crippen molar-refractivity contribution in [2.75, 3.05) is 17.2 Å². The molecule has 1 aliphatic rings. The third-order valence-electron chi connectivity index (χ3n) is 4.90. The van der Waals surface area contributed by atoms with E-state index in [9.17, 15) is 5.26 Å². The Bertz CT molecular complexity index is 1210. The molecule has 4 heterocycles. The third-order valence-corrected chi connectivity index (χ3v) is 5.95. The van der Waals surface area contributed by atoms with Crippen LogP contribution in [0.4, 0.5) is 10.8 Å². The minimum Gasteiger partial charge on any atom is -0.389 e. The maximum absolute atomic E-state index is 9.35. The predicted octanol–water partition coefficient (Wildman–Crippen LogP) is 3.27.